The Balaban J connectivity index is 3.73. The fourth-order valence-corrected chi connectivity index (χ4v) is 1.92. The minimum atomic E-state index is 0.753. The zero-order valence-corrected chi connectivity index (χ0v) is 12.2. The van der Waals surface area contributed by atoms with Gasteiger partial charge in [0.25, 0.3) is 0 Å². The van der Waals surface area contributed by atoms with Gasteiger partial charge < -0.3 is 10.2 Å². The van der Waals surface area contributed by atoms with E-state index in [2.05, 4.69) is 51.8 Å². The third kappa shape index (κ3) is 10.4. The largest absolute Gasteiger partial charge is 0.315 e. The van der Waals surface area contributed by atoms with E-state index in [1.165, 1.54) is 19.6 Å². The highest BCUT2D eigenvalue weighted by Gasteiger charge is 2.08. The molecule has 0 fully saturated rings. The second-order valence-corrected chi connectivity index (χ2v) is 6.15. The van der Waals surface area contributed by atoms with E-state index >= 15 is 0 Å². The molecule has 16 heavy (non-hydrogen) atoms. The van der Waals surface area contributed by atoms with Gasteiger partial charge in [-0.05, 0) is 24.3 Å². The molecule has 0 amide bonds. The van der Waals surface area contributed by atoms with Crippen molar-refractivity contribution in [3.63, 3.8) is 0 Å². The van der Waals surface area contributed by atoms with E-state index in [1.807, 2.05) is 0 Å². The van der Waals surface area contributed by atoms with Crippen molar-refractivity contribution in [3.05, 3.63) is 0 Å². The van der Waals surface area contributed by atoms with Gasteiger partial charge in [0.1, 0.15) is 0 Å². The van der Waals surface area contributed by atoms with Crippen LogP contribution in [0, 0.1) is 17.8 Å². The summed E-state index contributed by atoms with van der Waals surface area (Å²) in [5.41, 5.74) is 0. The molecule has 0 aromatic heterocycles. The van der Waals surface area contributed by atoms with Crippen LogP contribution in [0.3, 0.4) is 0 Å². The van der Waals surface area contributed by atoms with Crippen molar-refractivity contribution >= 4 is 0 Å². The maximum Gasteiger partial charge on any atom is 0.0107 e. The Morgan fingerprint density at radius 2 is 1.31 bits per heavy atom. The van der Waals surface area contributed by atoms with Crippen LogP contribution in [-0.2, 0) is 0 Å². The van der Waals surface area contributed by atoms with Crippen molar-refractivity contribution in [1.29, 1.82) is 0 Å². The van der Waals surface area contributed by atoms with Crippen LogP contribution in [0.15, 0.2) is 0 Å². The summed E-state index contributed by atoms with van der Waals surface area (Å²) in [5, 5.41) is 3.52. The van der Waals surface area contributed by atoms with Crippen molar-refractivity contribution in [2.75, 3.05) is 32.7 Å². The number of hydrogen-bond donors (Lipinski definition) is 1. The Hall–Kier alpha value is -0.0800. The first kappa shape index (κ1) is 15.9. The molecule has 0 aromatic rings. The first-order chi connectivity index (χ1) is 7.41. The zero-order valence-electron chi connectivity index (χ0n) is 12.2. The van der Waals surface area contributed by atoms with Crippen molar-refractivity contribution in [3.8, 4) is 0 Å². The fraction of sp³-hybridized carbons (Fsp3) is 1.00. The predicted molar refractivity (Wildman–Crippen MR) is 73.8 cm³/mol. The summed E-state index contributed by atoms with van der Waals surface area (Å²) in [6.07, 6.45) is 0. The van der Waals surface area contributed by atoms with Crippen LogP contribution in [0.4, 0.5) is 0 Å². The van der Waals surface area contributed by atoms with Crippen molar-refractivity contribution in [2.45, 2.75) is 41.5 Å². The molecule has 0 spiro atoms. The summed E-state index contributed by atoms with van der Waals surface area (Å²) in [6, 6.07) is 0. The lowest BCUT2D eigenvalue weighted by atomic mass is 10.1. The second-order valence-electron chi connectivity index (χ2n) is 6.15. The van der Waals surface area contributed by atoms with E-state index in [9.17, 15) is 0 Å². The van der Waals surface area contributed by atoms with Crippen molar-refractivity contribution in [2.24, 2.45) is 17.8 Å². The van der Waals surface area contributed by atoms with Gasteiger partial charge >= 0.3 is 0 Å². The quantitative estimate of drug-likeness (QED) is 0.611. The van der Waals surface area contributed by atoms with Crippen LogP contribution in [0.5, 0.6) is 0 Å². The molecule has 0 bridgehead atoms. The molecule has 0 aliphatic heterocycles. The van der Waals surface area contributed by atoms with Gasteiger partial charge in [0.2, 0.25) is 0 Å². The molecule has 98 valence electrons. The highest BCUT2D eigenvalue weighted by atomic mass is 15.1. The fourth-order valence-electron chi connectivity index (χ4n) is 1.92. The van der Waals surface area contributed by atoms with Crippen molar-refractivity contribution < 1.29 is 0 Å². The summed E-state index contributed by atoms with van der Waals surface area (Å²) in [6.45, 7) is 19.6. The molecule has 0 atom stereocenters. The number of hydrogen-bond acceptors (Lipinski definition) is 2. The van der Waals surface area contributed by atoms with Gasteiger partial charge in [-0.25, -0.2) is 0 Å². The average Bonchev–Trinajstić information content (AvgIpc) is 2.09. The Morgan fingerprint density at radius 1 is 0.812 bits per heavy atom. The number of nitrogens with one attached hydrogen (secondary N) is 1. The normalized spacial score (nSPS) is 12.4. The van der Waals surface area contributed by atoms with E-state index in [1.54, 1.807) is 0 Å². The predicted octanol–water partition coefficient (Wildman–Crippen LogP) is 2.85. The van der Waals surface area contributed by atoms with Gasteiger partial charge in [-0.3, -0.25) is 0 Å². The van der Waals surface area contributed by atoms with E-state index in [0.29, 0.717) is 0 Å². The average molecular weight is 228 g/mol. The Morgan fingerprint density at radius 3 is 1.69 bits per heavy atom. The molecule has 0 unspecified atom stereocenters. The summed E-state index contributed by atoms with van der Waals surface area (Å²) in [7, 11) is 0. The molecular formula is C14H32N2. The first-order valence-corrected chi connectivity index (χ1v) is 6.84. The van der Waals surface area contributed by atoms with Crippen LogP contribution in [-0.4, -0.2) is 37.6 Å². The summed E-state index contributed by atoms with van der Waals surface area (Å²) in [5.74, 6) is 2.29. The Kier molecular flexibility index (Phi) is 8.96. The Bertz CT molecular complexity index is 143. The molecule has 0 aliphatic rings. The molecule has 0 aromatic carbocycles. The topological polar surface area (TPSA) is 15.3 Å². The van der Waals surface area contributed by atoms with Crippen LogP contribution < -0.4 is 5.32 Å². The molecule has 0 saturated carbocycles. The summed E-state index contributed by atoms with van der Waals surface area (Å²) < 4.78 is 0. The second kappa shape index (κ2) is 9.00. The summed E-state index contributed by atoms with van der Waals surface area (Å²) >= 11 is 0. The third-order valence-electron chi connectivity index (χ3n) is 2.40. The van der Waals surface area contributed by atoms with Crippen LogP contribution in [0.25, 0.3) is 0 Å². The van der Waals surface area contributed by atoms with Gasteiger partial charge in [-0.2, -0.15) is 0 Å². The van der Waals surface area contributed by atoms with E-state index in [0.717, 1.165) is 30.8 Å². The van der Waals surface area contributed by atoms with Gasteiger partial charge in [0.05, 0.1) is 0 Å². The highest BCUT2D eigenvalue weighted by Crippen LogP contribution is 2.02. The Labute approximate surface area is 103 Å². The van der Waals surface area contributed by atoms with Gasteiger partial charge in [-0.15, -0.1) is 0 Å². The van der Waals surface area contributed by atoms with Crippen LogP contribution in [0.2, 0.25) is 0 Å². The maximum atomic E-state index is 3.52. The molecule has 0 rings (SSSR count). The smallest absolute Gasteiger partial charge is 0.0107 e. The third-order valence-corrected chi connectivity index (χ3v) is 2.40. The lowest BCUT2D eigenvalue weighted by Gasteiger charge is -2.26. The van der Waals surface area contributed by atoms with E-state index in [-0.39, 0.29) is 0 Å². The highest BCUT2D eigenvalue weighted by molar-refractivity contribution is 4.64. The molecule has 0 saturated heterocycles. The van der Waals surface area contributed by atoms with Gasteiger partial charge in [-0.1, -0.05) is 41.5 Å². The summed E-state index contributed by atoms with van der Waals surface area (Å²) in [4.78, 5) is 2.59. The van der Waals surface area contributed by atoms with Crippen LogP contribution >= 0.6 is 0 Å². The van der Waals surface area contributed by atoms with E-state index in [4.69, 9.17) is 0 Å². The van der Waals surface area contributed by atoms with Gasteiger partial charge in [0.15, 0.2) is 0 Å². The molecule has 1 N–H and O–H groups in total. The molecule has 2 heteroatoms. The zero-order chi connectivity index (χ0) is 12.6. The first-order valence-electron chi connectivity index (χ1n) is 6.84. The van der Waals surface area contributed by atoms with E-state index < -0.39 is 0 Å². The minimum absolute atomic E-state index is 0.753. The monoisotopic (exact) mass is 228 g/mol. The maximum absolute atomic E-state index is 3.52. The molecule has 0 aliphatic carbocycles. The van der Waals surface area contributed by atoms with Gasteiger partial charge in [0, 0.05) is 26.2 Å². The lowest BCUT2D eigenvalue weighted by Crippen LogP contribution is -2.37. The standard InChI is InChI=1S/C14H32N2/c1-12(2)9-15-7-8-16(10-13(3)4)11-14(5)6/h12-15H,7-11H2,1-6H3. The number of rotatable bonds is 9. The van der Waals surface area contributed by atoms with Crippen molar-refractivity contribution in [1.82, 2.24) is 10.2 Å². The SMILES string of the molecule is CC(C)CNCCN(CC(C)C)CC(C)C. The molecule has 2 nitrogen and oxygen atoms in total. The molecule has 0 radical (unpaired) electrons. The molecule has 0 heterocycles. The molecular weight excluding hydrogens is 196 g/mol. The number of nitrogens with zero attached hydrogens (tertiary/aromatic N) is 1. The van der Waals surface area contributed by atoms with Crippen LogP contribution in [0.1, 0.15) is 41.5 Å². The minimum Gasteiger partial charge on any atom is -0.315 e. The lowest BCUT2D eigenvalue weighted by molar-refractivity contribution is 0.219.